The molecule has 0 aliphatic carbocycles. The highest BCUT2D eigenvalue weighted by molar-refractivity contribution is 5.98. The molecule has 3 aromatic rings. The van der Waals surface area contributed by atoms with Crippen LogP contribution in [0.5, 0.6) is 5.75 Å². The number of nitrogens with zero attached hydrogens (tertiary/aromatic N) is 2. The highest BCUT2D eigenvalue weighted by Gasteiger charge is 2.14. The van der Waals surface area contributed by atoms with E-state index in [1.165, 1.54) is 0 Å². The summed E-state index contributed by atoms with van der Waals surface area (Å²) in [6.45, 7) is 1.90. The van der Waals surface area contributed by atoms with Gasteiger partial charge in [-0.25, -0.2) is 9.97 Å². The van der Waals surface area contributed by atoms with Crippen molar-refractivity contribution in [3.05, 3.63) is 48.2 Å². The maximum Gasteiger partial charge on any atom is 0.166 e. The standard InChI is InChI=1S/C16H15N3O/c1-10-9-14(17)19-16(18-10)15-12-6-4-3-5-11(12)7-8-13(15)20-2/h3-9H,1-2H3,(H2,17,18,19). The van der Waals surface area contributed by atoms with Crippen LogP contribution in [0.25, 0.3) is 22.2 Å². The lowest BCUT2D eigenvalue weighted by atomic mass is 10.0. The van der Waals surface area contributed by atoms with E-state index in [1.54, 1.807) is 13.2 Å². The Morgan fingerprint density at radius 2 is 1.85 bits per heavy atom. The van der Waals surface area contributed by atoms with Crippen molar-refractivity contribution in [3.63, 3.8) is 0 Å². The lowest BCUT2D eigenvalue weighted by Crippen LogP contribution is -1.99. The average molecular weight is 265 g/mol. The van der Waals surface area contributed by atoms with E-state index in [0.29, 0.717) is 11.6 Å². The van der Waals surface area contributed by atoms with Gasteiger partial charge in [0, 0.05) is 11.8 Å². The number of nitrogens with two attached hydrogens (primary N) is 1. The van der Waals surface area contributed by atoms with Gasteiger partial charge in [-0.1, -0.05) is 30.3 Å². The van der Waals surface area contributed by atoms with E-state index < -0.39 is 0 Å². The molecule has 0 bridgehead atoms. The zero-order valence-electron chi connectivity index (χ0n) is 11.4. The van der Waals surface area contributed by atoms with Crippen LogP contribution >= 0.6 is 0 Å². The van der Waals surface area contributed by atoms with E-state index in [9.17, 15) is 0 Å². The Bertz CT molecular complexity index is 764. The largest absolute Gasteiger partial charge is 0.496 e. The van der Waals surface area contributed by atoms with Gasteiger partial charge in [-0.3, -0.25) is 0 Å². The second kappa shape index (κ2) is 4.81. The Morgan fingerprint density at radius 1 is 1.05 bits per heavy atom. The molecule has 4 nitrogen and oxygen atoms in total. The third-order valence-corrected chi connectivity index (χ3v) is 3.21. The van der Waals surface area contributed by atoms with E-state index in [4.69, 9.17) is 10.5 Å². The molecule has 0 spiro atoms. The van der Waals surface area contributed by atoms with Crippen molar-refractivity contribution < 1.29 is 4.74 Å². The van der Waals surface area contributed by atoms with Crippen LogP contribution in [0.3, 0.4) is 0 Å². The Labute approximate surface area is 117 Å². The smallest absolute Gasteiger partial charge is 0.166 e. The molecule has 0 amide bonds. The summed E-state index contributed by atoms with van der Waals surface area (Å²) in [4.78, 5) is 8.84. The van der Waals surface area contributed by atoms with Gasteiger partial charge in [0.05, 0.1) is 12.7 Å². The molecule has 1 heterocycles. The van der Waals surface area contributed by atoms with Crippen LogP contribution in [-0.2, 0) is 0 Å². The quantitative estimate of drug-likeness (QED) is 0.773. The first-order valence-electron chi connectivity index (χ1n) is 6.36. The SMILES string of the molecule is COc1ccc2ccccc2c1-c1nc(C)cc(N)n1. The zero-order valence-corrected chi connectivity index (χ0v) is 11.4. The summed E-state index contributed by atoms with van der Waals surface area (Å²) in [5.41, 5.74) is 7.55. The monoisotopic (exact) mass is 265 g/mol. The number of hydrogen-bond donors (Lipinski definition) is 1. The molecule has 100 valence electrons. The maximum atomic E-state index is 5.84. The lowest BCUT2D eigenvalue weighted by molar-refractivity contribution is 0.416. The number of ether oxygens (including phenoxy) is 1. The summed E-state index contributed by atoms with van der Waals surface area (Å²) < 4.78 is 5.47. The van der Waals surface area contributed by atoms with Gasteiger partial charge < -0.3 is 10.5 Å². The molecule has 4 heteroatoms. The Morgan fingerprint density at radius 3 is 2.60 bits per heavy atom. The van der Waals surface area contributed by atoms with Gasteiger partial charge >= 0.3 is 0 Å². The summed E-state index contributed by atoms with van der Waals surface area (Å²) in [5, 5.41) is 2.17. The molecule has 0 unspecified atom stereocenters. The normalized spacial score (nSPS) is 10.7. The van der Waals surface area contributed by atoms with Crippen LogP contribution in [0.4, 0.5) is 5.82 Å². The average Bonchev–Trinajstić information content (AvgIpc) is 2.45. The summed E-state index contributed by atoms with van der Waals surface area (Å²) >= 11 is 0. The third kappa shape index (κ3) is 2.05. The van der Waals surface area contributed by atoms with E-state index >= 15 is 0 Å². The summed E-state index contributed by atoms with van der Waals surface area (Å²) in [6, 6.07) is 13.8. The van der Waals surface area contributed by atoms with Gasteiger partial charge in [0.2, 0.25) is 0 Å². The first-order valence-corrected chi connectivity index (χ1v) is 6.36. The first-order chi connectivity index (χ1) is 9.69. The van der Waals surface area contributed by atoms with E-state index in [0.717, 1.165) is 27.8 Å². The van der Waals surface area contributed by atoms with Gasteiger partial charge in [0.25, 0.3) is 0 Å². The first kappa shape index (κ1) is 12.4. The number of nitrogen functional groups attached to an aromatic ring is 1. The van der Waals surface area contributed by atoms with Gasteiger partial charge in [-0.15, -0.1) is 0 Å². The molecule has 2 N–H and O–H groups in total. The minimum atomic E-state index is 0.461. The number of aryl methyl sites for hydroxylation is 1. The molecule has 1 aromatic heterocycles. The maximum absolute atomic E-state index is 5.84. The molecule has 0 atom stereocenters. The van der Waals surface area contributed by atoms with Gasteiger partial charge in [-0.05, 0) is 23.8 Å². The third-order valence-electron chi connectivity index (χ3n) is 3.21. The number of benzene rings is 2. The molecule has 0 fully saturated rings. The van der Waals surface area contributed by atoms with Gasteiger partial charge in [0.15, 0.2) is 5.82 Å². The Hall–Kier alpha value is -2.62. The summed E-state index contributed by atoms with van der Waals surface area (Å²) in [7, 11) is 1.65. The molecule has 0 aliphatic rings. The number of fused-ring (bicyclic) bond motifs is 1. The van der Waals surface area contributed by atoms with Crippen molar-refractivity contribution in [3.8, 4) is 17.1 Å². The van der Waals surface area contributed by atoms with Crippen LogP contribution in [-0.4, -0.2) is 17.1 Å². The van der Waals surface area contributed by atoms with Crippen LogP contribution in [0.2, 0.25) is 0 Å². The van der Waals surface area contributed by atoms with Crippen LogP contribution < -0.4 is 10.5 Å². The van der Waals surface area contributed by atoms with Crippen molar-refractivity contribution in [2.45, 2.75) is 6.92 Å². The van der Waals surface area contributed by atoms with Crippen molar-refractivity contribution in [1.82, 2.24) is 9.97 Å². The molecule has 3 rings (SSSR count). The van der Waals surface area contributed by atoms with E-state index in [1.807, 2.05) is 37.3 Å². The van der Waals surface area contributed by atoms with Crippen molar-refractivity contribution in [2.24, 2.45) is 0 Å². The summed E-state index contributed by atoms with van der Waals surface area (Å²) in [5.74, 6) is 1.80. The molecular weight excluding hydrogens is 250 g/mol. The Kier molecular flexibility index (Phi) is 2.99. The predicted molar refractivity (Wildman–Crippen MR) is 80.7 cm³/mol. The minimum absolute atomic E-state index is 0.461. The second-order valence-corrected chi connectivity index (χ2v) is 4.62. The zero-order chi connectivity index (χ0) is 14.1. The van der Waals surface area contributed by atoms with Crippen LogP contribution in [0.15, 0.2) is 42.5 Å². The topological polar surface area (TPSA) is 61.0 Å². The minimum Gasteiger partial charge on any atom is -0.496 e. The number of rotatable bonds is 2. The molecule has 0 radical (unpaired) electrons. The van der Waals surface area contributed by atoms with Crippen LogP contribution in [0, 0.1) is 6.92 Å². The number of anilines is 1. The number of hydrogen-bond acceptors (Lipinski definition) is 4. The number of aromatic nitrogens is 2. The van der Waals surface area contributed by atoms with Crippen molar-refractivity contribution >= 4 is 16.6 Å². The fourth-order valence-corrected chi connectivity index (χ4v) is 2.36. The fourth-order valence-electron chi connectivity index (χ4n) is 2.36. The van der Waals surface area contributed by atoms with Crippen molar-refractivity contribution in [1.29, 1.82) is 0 Å². The van der Waals surface area contributed by atoms with Gasteiger partial charge in [-0.2, -0.15) is 0 Å². The molecular formula is C16H15N3O. The van der Waals surface area contributed by atoms with Crippen LogP contribution in [0.1, 0.15) is 5.69 Å². The fraction of sp³-hybridized carbons (Fsp3) is 0.125. The molecule has 2 aromatic carbocycles. The molecule has 0 saturated carbocycles. The lowest BCUT2D eigenvalue weighted by Gasteiger charge is -2.12. The molecule has 20 heavy (non-hydrogen) atoms. The van der Waals surface area contributed by atoms with E-state index in [-0.39, 0.29) is 0 Å². The van der Waals surface area contributed by atoms with Gasteiger partial charge in [0.1, 0.15) is 11.6 Å². The highest BCUT2D eigenvalue weighted by Crippen LogP contribution is 2.35. The molecule has 0 aliphatic heterocycles. The Balaban J connectivity index is 2.38. The number of methoxy groups -OCH3 is 1. The highest BCUT2D eigenvalue weighted by atomic mass is 16.5. The molecule has 0 saturated heterocycles. The van der Waals surface area contributed by atoms with E-state index in [2.05, 4.69) is 16.0 Å². The summed E-state index contributed by atoms with van der Waals surface area (Å²) in [6.07, 6.45) is 0. The van der Waals surface area contributed by atoms with Crippen molar-refractivity contribution in [2.75, 3.05) is 12.8 Å². The predicted octanol–water partition coefficient (Wildman–Crippen LogP) is 3.20. The second-order valence-electron chi connectivity index (χ2n) is 4.62.